The summed E-state index contributed by atoms with van der Waals surface area (Å²) in [6, 6.07) is 7.93. The van der Waals surface area contributed by atoms with Crippen LogP contribution in [-0.4, -0.2) is 13.4 Å². The van der Waals surface area contributed by atoms with Crippen molar-refractivity contribution in [2.24, 2.45) is 0 Å². The number of anilines is 1. The number of H-pyrrole nitrogens is 1. The summed E-state index contributed by atoms with van der Waals surface area (Å²) in [5.41, 5.74) is -0.776. The van der Waals surface area contributed by atoms with E-state index < -0.39 is 32.5 Å². The summed E-state index contributed by atoms with van der Waals surface area (Å²) in [7, 11) is -4.31. The van der Waals surface area contributed by atoms with Gasteiger partial charge in [-0.05, 0) is 36.4 Å². The zero-order chi connectivity index (χ0) is 17.5. The number of fused-ring (bicyclic) bond motifs is 1. The Morgan fingerprint density at radius 3 is 2.50 bits per heavy atom. The Labute approximate surface area is 134 Å². The molecule has 0 bridgehead atoms. The Morgan fingerprint density at radius 2 is 1.79 bits per heavy atom. The van der Waals surface area contributed by atoms with Crippen LogP contribution in [0.2, 0.25) is 0 Å². The van der Waals surface area contributed by atoms with Crippen molar-refractivity contribution in [1.29, 1.82) is 0 Å². The van der Waals surface area contributed by atoms with Crippen molar-refractivity contribution in [2.45, 2.75) is 11.1 Å². The highest BCUT2D eigenvalue weighted by molar-refractivity contribution is 7.92. The minimum absolute atomic E-state index is 0.201. The Morgan fingerprint density at radius 1 is 1.04 bits per heavy atom. The number of hydrogen-bond donors (Lipinski definition) is 2. The first-order valence-corrected chi connectivity index (χ1v) is 8.12. The molecule has 0 aliphatic rings. The van der Waals surface area contributed by atoms with E-state index in [1.807, 2.05) is 0 Å². The summed E-state index contributed by atoms with van der Waals surface area (Å²) in [5, 5.41) is 0.555. The molecule has 0 spiro atoms. The van der Waals surface area contributed by atoms with Crippen LogP contribution in [0.4, 0.5) is 23.2 Å². The zero-order valence-corrected chi connectivity index (χ0v) is 12.7. The van der Waals surface area contributed by atoms with Crippen molar-refractivity contribution in [3.8, 4) is 0 Å². The van der Waals surface area contributed by atoms with Gasteiger partial charge in [-0.25, -0.2) is 12.8 Å². The predicted octanol–water partition coefficient (Wildman–Crippen LogP) is 4.13. The van der Waals surface area contributed by atoms with Gasteiger partial charge >= 0.3 is 6.18 Å². The molecule has 3 rings (SSSR count). The van der Waals surface area contributed by atoms with Gasteiger partial charge in [0.15, 0.2) is 0 Å². The van der Waals surface area contributed by atoms with Crippen LogP contribution in [0.15, 0.2) is 53.6 Å². The van der Waals surface area contributed by atoms with Gasteiger partial charge in [0.1, 0.15) is 5.82 Å². The van der Waals surface area contributed by atoms with Gasteiger partial charge in [0.25, 0.3) is 10.0 Å². The molecule has 1 aromatic heterocycles. The topological polar surface area (TPSA) is 62.0 Å². The fourth-order valence-electron chi connectivity index (χ4n) is 2.27. The van der Waals surface area contributed by atoms with Crippen LogP contribution in [0, 0.1) is 5.82 Å². The zero-order valence-electron chi connectivity index (χ0n) is 11.9. The lowest BCUT2D eigenvalue weighted by Crippen LogP contribution is -2.15. The lowest BCUT2D eigenvalue weighted by molar-refractivity contribution is -0.140. The molecule has 0 radical (unpaired) electrons. The predicted molar refractivity (Wildman–Crippen MR) is 80.5 cm³/mol. The molecular formula is C15H10F4N2O2S. The number of benzene rings is 2. The molecule has 3 aromatic rings. The molecule has 0 saturated carbocycles. The number of nitrogens with one attached hydrogen (secondary N) is 2. The monoisotopic (exact) mass is 358 g/mol. The highest BCUT2D eigenvalue weighted by Gasteiger charge is 2.35. The molecule has 2 aromatic carbocycles. The summed E-state index contributed by atoms with van der Waals surface area (Å²) < 4.78 is 78.5. The van der Waals surface area contributed by atoms with Gasteiger partial charge in [-0.2, -0.15) is 13.2 Å². The first-order valence-electron chi connectivity index (χ1n) is 6.64. The Bertz CT molecular complexity index is 1010. The lowest BCUT2D eigenvalue weighted by atomic mass is 10.2. The number of aromatic nitrogens is 1. The minimum atomic E-state index is -4.99. The van der Waals surface area contributed by atoms with Crippen LogP contribution in [0.5, 0.6) is 0 Å². The lowest BCUT2D eigenvalue weighted by Gasteiger charge is -2.12. The molecule has 2 N–H and O–H groups in total. The Hall–Kier alpha value is -2.55. The van der Waals surface area contributed by atoms with E-state index >= 15 is 0 Å². The molecule has 0 atom stereocenters. The van der Waals surface area contributed by atoms with Crippen molar-refractivity contribution in [3.05, 3.63) is 60.0 Å². The molecule has 0 amide bonds. The third-order valence-corrected chi connectivity index (χ3v) is 4.76. The largest absolute Gasteiger partial charge is 0.419 e. The molecule has 0 saturated heterocycles. The SMILES string of the molecule is O=S(=O)(Nc1cccc2[nH]ccc12)c1ccc(F)c(C(F)(F)F)c1. The fraction of sp³-hybridized carbons (Fsp3) is 0.0667. The number of alkyl halides is 3. The molecular weight excluding hydrogens is 348 g/mol. The molecule has 24 heavy (non-hydrogen) atoms. The van der Waals surface area contributed by atoms with Gasteiger partial charge in [-0.3, -0.25) is 4.72 Å². The van der Waals surface area contributed by atoms with Crippen LogP contribution >= 0.6 is 0 Å². The van der Waals surface area contributed by atoms with E-state index in [2.05, 4.69) is 9.71 Å². The third kappa shape index (κ3) is 2.94. The van der Waals surface area contributed by atoms with Crippen molar-refractivity contribution in [1.82, 2.24) is 4.98 Å². The number of aromatic amines is 1. The van der Waals surface area contributed by atoms with E-state index in [1.165, 1.54) is 6.07 Å². The van der Waals surface area contributed by atoms with Gasteiger partial charge in [0.2, 0.25) is 0 Å². The van der Waals surface area contributed by atoms with Crippen LogP contribution in [0.1, 0.15) is 5.56 Å². The summed E-state index contributed by atoms with van der Waals surface area (Å²) in [6.45, 7) is 0. The van der Waals surface area contributed by atoms with Gasteiger partial charge in [0.05, 0.1) is 16.1 Å². The van der Waals surface area contributed by atoms with Gasteiger partial charge in [-0.1, -0.05) is 6.07 Å². The molecule has 4 nitrogen and oxygen atoms in total. The smallest absolute Gasteiger partial charge is 0.361 e. The molecule has 0 aliphatic carbocycles. The summed E-state index contributed by atoms with van der Waals surface area (Å²) >= 11 is 0. The van der Waals surface area contributed by atoms with Crippen LogP contribution < -0.4 is 4.72 Å². The van der Waals surface area contributed by atoms with E-state index in [0.717, 1.165) is 6.07 Å². The van der Waals surface area contributed by atoms with Crippen molar-refractivity contribution in [3.63, 3.8) is 0 Å². The van der Waals surface area contributed by atoms with Crippen molar-refractivity contribution < 1.29 is 26.0 Å². The molecule has 9 heteroatoms. The highest BCUT2D eigenvalue weighted by atomic mass is 32.2. The maximum Gasteiger partial charge on any atom is 0.419 e. The van der Waals surface area contributed by atoms with Gasteiger partial charge < -0.3 is 4.98 Å². The molecule has 0 aliphatic heterocycles. The second kappa shape index (κ2) is 5.52. The van der Waals surface area contributed by atoms with Crippen molar-refractivity contribution >= 4 is 26.6 Å². The first kappa shape index (κ1) is 16.3. The second-order valence-corrected chi connectivity index (χ2v) is 6.67. The highest BCUT2D eigenvalue weighted by Crippen LogP contribution is 2.33. The van der Waals surface area contributed by atoms with E-state index in [0.29, 0.717) is 17.0 Å². The minimum Gasteiger partial charge on any atom is -0.361 e. The molecule has 126 valence electrons. The maximum absolute atomic E-state index is 13.3. The molecule has 1 heterocycles. The first-order chi connectivity index (χ1) is 11.2. The average Bonchev–Trinajstić information content (AvgIpc) is 2.95. The van der Waals surface area contributed by atoms with Crippen molar-refractivity contribution in [2.75, 3.05) is 4.72 Å². The van der Waals surface area contributed by atoms with E-state index in [4.69, 9.17) is 0 Å². The normalized spacial score (nSPS) is 12.5. The molecule has 0 unspecified atom stereocenters. The van der Waals surface area contributed by atoms with Crippen LogP contribution in [-0.2, 0) is 16.2 Å². The fourth-order valence-corrected chi connectivity index (χ4v) is 3.37. The van der Waals surface area contributed by atoms with Crippen LogP contribution in [0.25, 0.3) is 10.9 Å². The third-order valence-electron chi connectivity index (χ3n) is 3.39. The van der Waals surface area contributed by atoms with Gasteiger partial charge in [0, 0.05) is 17.1 Å². The Kier molecular flexibility index (Phi) is 3.75. The number of halogens is 4. The number of sulfonamides is 1. The number of rotatable bonds is 3. The standard InChI is InChI=1S/C15H10F4N2O2S/c16-12-5-4-9(8-11(12)15(17,18)19)24(22,23)21-14-3-1-2-13-10(14)6-7-20-13/h1-8,20-21H. The number of hydrogen-bond acceptors (Lipinski definition) is 2. The summed E-state index contributed by atoms with van der Waals surface area (Å²) in [5.74, 6) is -1.53. The van der Waals surface area contributed by atoms with E-state index in [-0.39, 0.29) is 11.8 Å². The molecule has 0 fully saturated rings. The van der Waals surface area contributed by atoms with E-state index in [1.54, 1.807) is 24.4 Å². The van der Waals surface area contributed by atoms with Gasteiger partial charge in [-0.15, -0.1) is 0 Å². The van der Waals surface area contributed by atoms with E-state index in [9.17, 15) is 26.0 Å². The average molecular weight is 358 g/mol. The van der Waals surface area contributed by atoms with Crippen LogP contribution in [0.3, 0.4) is 0 Å². The quantitative estimate of drug-likeness (QED) is 0.692. The second-order valence-electron chi connectivity index (χ2n) is 4.99. The summed E-state index contributed by atoms with van der Waals surface area (Å²) in [6.07, 6.45) is -3.39. The Balaban J connectivity index is 2.04. The summed E-state index contributed by atoms with van der Waals surface area (Å²) in [4.78, 5) is 2.21. The maximum atomic E-state index is 13.3.